The summed E-state index contributed by atoms with van der Waals surface area (Å²) in [5, 5.41) is 25.6. The number of anilines is 1. The first-order valence-electron chi connectivity index (χ1n) is 11.8. The molecule has 2 unspecified atom stereocenters. The monoisotopic (exact) mass is 494 g/mol. The Kier molecular flexibility index (Phi) is 7.22. The molecule has 3 N–H and O–H groups in total. The third-order valence-electron chi connectivity index (χ3n) is 6.68. The van der Waals surface area contributed by atoms with E-state index in [9.17, 15) is 15.0 Å². The molecular formula is C26H30N4O4S. The molecule has 8 nitrogen and oxygen atoms in total. The fourth-order valence-corrected chi connectivity index (χ4v) is 5.50. The molecule has 1 fully saturated rings. The molecule has 0 spiro atoms. The molecule has 2 aliphatic heterocycles. The molecule has 2 aromatic carbocycles. The number of hydrogen-bond acceptors (Lipinski definition) is 8. The van der Waals surface area contributed by atoms with Crippen LogP contribution in [0.3, 0.4) is 0 Å². The number of aromatic nitrogens is 1. The predicted octanol–water partition coefficient (Wildman–Crippen LogP) is 2.67. The Morgan fingerprint density at radius 3 is 2.54 bits per heavy atom. The molecule has 3 heterocycles. The molecule has 2 atom stereocenters. The van der Waals surface area contributed by atoms with Gasteiger partial charge in [-0.05, 0) is 35.4 Å². The lowest BCUT2D eigenvalue weighted by molar-refractivity contribution is -0.113. The largest absolute Gasteiger partial charge is 0.495 e. The van der Waals surface area contributed by atoms with Gasteiger partial charge in [-0.1, -0.05) is 18.2 Å². The summed E-state index contributed by atoms with van der Waals surface area (Å²) in [7, 11) is 1.61. The third kappa shape index (κ3) is 5.44. The first-order valence-corrected chi connectivity index (χ1v) is 12.8. The molecule has 0 saturated carbocycles. The number of β-amino-alcohol motifs (C(OH)–C–C–N with tert-alkyl or cyclic N) is 2. The minimum atomic E-state index is -0.631. The maximum absolute atomic E-state index is 11.7. The van der Waals surface area contributed by atoms with Crippen LogP contribution in [-0.2, 0) is 4.79 Å². The number of aliphatic hydroxyl groups excluding tert-OH is 2. The van der Waals surface area contributed by atoms with Gasteiger partial charge in [0.05, 0.1) is 42.5 Å². The number of hydrogen-bond donors (Lipinski definition) is 3. The Balaban J connectivity index is 1.16. The SMILES string of the molecule is COc1cnc2cccc(C(O)CN3CCN(CC(O)c4ccc5c(c4)NC(=O)CS5)CC3)c2c1. The molecule has 9 heteroatoms. The zero-order valence-corrected chi connectivity index (χ0v) is 20.5. The maximum Gasteiger partial charge on any atom is 0.234 e. The normalized spacial score (nSPS) is 18.7. The van der Waals surface area contributed by atoms with Crippen LogP contribution in [0.1, 0.15) is 23.3 Å². The van der Waals surface area contributed by atoms with Crippen molar-refractivity contribution in [3.05, 3.63) is 59.8 Å². The van der Waals surface area contributed by atoms with Crippen molar-refractivity contribution < 1.29 is 19.7 Å². The molecule has 1 amide bonds. The third-order valence-corrected chi connectivity index (χ3v) is 7.75. The van der Waals surface area contributed by atoms with Gasteiger partial charge >= 0.3 is 0 Å². The highest BCUT2D eigenvalue weighted by Gasteiger charge is 2.24. The van der Waals surface area contributed by atoms with Crippen molar-refractivity contribution in [3.8, 4) is 5.75 Å². The molecule has 184 valence electrons. The number of piperazine rings is 1. The van der Waals surface area contributed by atoms with Crippen LogP contribution >= 0.6 is 11.8 Å². The van der Waals surface area contributed by atoms with Gasteiger partial charge in [0.2, 0.25) is 5.91 Å². The number of carbonyl (C=O) groups is 1. The average Bonchev–Trinajstić information content (AvgIpc) is 2.88. The number of aliphatic hydroxyl groups is 2. The van der Waals surface area contributed by atoms with Gasteiger partial charge in [0.15, 0.2) is 0 Å². The summed E-state index contributed by atoms with van der Waals surface area (Å²) in [6.07, 6.45) is 0.429. The van der Waals surface area contributed by atoms with E-state index in [0.29, 0.717) is 24.6 Å². The van der Waals surface area contributed by atoms with E-state index >= 15 is 0 Å². The van der Waals surface area contributed by atoms with Gasteiger partial charge in [-0.3, -0.25) is 19.6 Å². The van der Waals surface area contributed by atoms with Gasteiger partial charge in [0.1, 0.15) is 5.75 Å². The second kappa shape index (κ2) is 10.5. The second-order valence-corrected chi connectivity index (χ2v) is 10.0. The highest BCUT2D eigenvalue weighted by molar-refractivity contribution is 8.00. The Morgan fingerprint density at radius 1 is 1.06 bits per heavy atom. The van der Waals surface area contributed by atoms with E-state index in [-0.39, 0.29) is 5.91 Å². The van der Waals surface area contributed by atoms with Crippen molar-refractivity contribution in [2.75, 3.05) is 57.4 Å². The molecule has 0 aliphatic carbocycles. The Labute approximate surface area is 208 Å². The Bertz CT molecular complexity index is 1220. The molecular weight excluding hydrogens is 464 g/mol. The van der Waals surface area contributed by atoms with E-state index in [4.69, 9.17) is 4.74 Å². The number of pyridine rings is 1. The molecule has 2 aliphatic rings. The maximum atomic E-state index is 11.7. The number of rotatable bonds is 7. The van der Waals surface area contributed by atoms with Gasteiger partial charge in [0, 0.05) is 49.6 Å². The van der Waals surface area contributed by atoms with E-state index in [0.717, 1.165) is 58.8 Å². The van der Waals surface area contributed by atoms with E-state index < -0.39 is 12.2 Å². The van der Waals surface area contributed by atoms with Crippen LogP contribution in [0.4, 0.5) is 5.69 Å². The van der Waals surface area contributed by atoms with Crippen LogP contribution in [0.15, 0.2) is 53.6 Å². The van der Waals surface area contributed by atoms with Gasteiger partial charge in [0.25, 0.3) is 0 Å². The highest BCUT2D eigenvalue weighted by Crippen LogP contribution is 2.33. The Hall–Kier alpha value is -2.69. The Morgan fingerprint density at radius 2 is 1.80 bits per heavy atom. The minimum absolute atomic E-state index is 0.00801. The predicted molar refractivity (Wildman–Crippen MR) is 137 cm³/mol. The summed E-state index contributed by atoms with van der Waals surface area (Å²) < 4.78 is 5.31. The lowest BCUT2D eigenvalue weighted by Gasteiger charge is -2.36. The molecule has 1 aromatic heterocycles. The van der Waals surface area contributed by atoms with E-state index in [1.165, 1.54) is 11.8 Å². The fourth-order valence-electron chi connectivity index (χ4n) is 4.71. The second-order valence-electron chi connectivity index (χ2n) is 9.01. The van der Waals surface area contributed by atoms with Crippen molar-refractivity contribution >= 4 is 34.3 Å². The van der Waals surface area contributed by atoms with Crippen LogP contribution in [0.25, 0.3) is 10.9 Å². The van der Waals surface area contributed by atoms with Gasteiger partial charge < -0.3 is 20.3 Å². The molecule has 3 aromatic rings. The minimum Gasteiger partial charge on any atom is -0.495 e. The summed E-state index contributed by atoms with van der Waals surface area (Å²) in [4.78, 5) is 21.6. The van der Waals surface area contributed by atoms with Gasteiger partial charge in [-0.25, -0.2) is 0 Å². The number of methoxy groups -OCH3 is 1. The molecule has 0 bridgehead atoms. The van der Waals surface area contributed by atoms with Crippen molar-refractivity contribution in [1.82, 2.24) is 14.8 Å². The lowest BCUT2D eigenvalue weighted by Crippen LogP contribution is -2.48. The number of amides is 1. The van der Waals surface area contributed by atoms with Crippen molar-refractivity contribution in [2.24, 2.45) is 0 Å². The van der Waals surface area contributed by atoms with E-state index in [1.54, 1.807) is 13.3 Å². The summed E-state index contributed by atoms with van der Waals surface area (Å²) in [5.74, 6) is 1.09. The number of ether oxygens (including phenoxy) is 1. The average molecular weight is 495 g/mol. The van der Waals surface area contributed by atoms with Crippen LogP contribution in [-0.4, -0.2) is 83.0 Å². The molecule has 0 radical (unpaired) electrons. The van der Waals surface area contributed by atoms with E-state index in [1.807, 2.05) is 42.5 Å². The van der Waals surface area contributed by atoms with Crippen molar-refractivity contribution in [1.29, 1.82) is 0 Å². The lowest BCUT2D eigenvalue weighted by atomic mass is 10.0. The number of fused-ring (bicyclic) bond motifs is 2. The quantitative estimate of drug-likeness (QED) is 0.461. The first-order chi connectivity index (χ1) is 17.0. The first kappa shape index (κ1) is 24.0. The summed E-state index contributed by atoms with van der Waals surface area (Å²) in [6.45, 7) is 4.32. The van der Waals surface area contributed by atoms with Crippen LogP contribution in [0.2, 0.25) is 0 Å². The summed E-state index contributed by atoms with van der Waals surface area (Å²) in [6, 6.07) is 13.5. The molecule has 5 rings (SSSR count). The summed E-state index contributed by atoms with van der Waals surface area (Å²) in [5.41, 5.74) is 3.28. The van der Waals surface area contributed by atoms with Crippen LogP contribution in [0.5, 0.6) is 5.75 Å². The zero-order chi connectivity index (χ0) is 24.4. The molecule has 35 heavy (non-hydrogen) atoms. The number of nitrogens with zero attached hydrogens (tertiary/aromatic N) is 3. The zero-order valence-electron chi connectivity index (χ0n) is 19.7. The van der Waals surface area contributed by atoms with E-state index in [2.05, 4.69) is 20.1 Å². The van der Waals surface area contributed by atoms with Gasteiger partial charge in [-0.2, -0.15) is 0 Å². The van der Waals surface area contributed by atoms with Crippen LogP contribution < -0.4 is 10.1 Å². The van der Waals surface area contributed by atoms with Crippen LogP contribution in [0, 0.1) is 0 Å². The van der Waals surface area contributed by atoms with Gasteiger partial charge in [-0.15, -0.1) is 11.8 Å². The number of benzene rings is 2. The summed E-state index contributed by atoms with van der Waals surface area (Å²) >= 11 is 1.52. The fraction of sp³-hybridized carbons (Fsp3) is 0.385. The number of nitrogens with one attached hydrogen (secondary N) is 1. The smallest absolute Gasteiger partial charge is 0.234 e. The topological polar surface area (TPSA) is 98.2 Å². The molecule has 1 saturated heterocycles. The number of thioether (sulfide) groups is 1. The number of carbonyl (C=O) groups excluding carboxylic acids is 1. The van der Waals surface area contributed by atoms with Crippen molar-refractivity contribution in [2.45, 2.75) is 17.1 Å². The highest BCUT2D eigenvalue weighted by atomic mass is 32.2. The standard InChI is InChI=1S/C26H30N4O4S/c1-34-18-12-20-19(3-2-4-21(20)27-13-18)24(32)15-30-9-7-29(8-10-30)14-23(31)17-5-6-25-22(11-17)28-26(33)16-35-25/h2-6,11-13,23-24,31-32H,7-10,14-16H2,1H3,(H,28,33). The van der Waals surface area contributed by atoms with Crippen molar-refractivity contribution in [3.63, 3.8) is 0 Å².